The number of ether oxygens (including phenoxy) is 1. The molecule has 0 saturated carbocycles. The summed E-state index contributed by atoms with van der Waals surface area (Å²) in [5, 5.41) is 3.01. The van der Waals surface area contributed by atoms with Crippen molar-refractivity contribution >= 4 is 23.3 Å². The van der Waals surface area contributed by atoms with Gasteiger partial charge in [0.15, 0.2) is 0 Å². The van der Waals surface area contributed by atoms with Crippen LogP contribution in [0, 0.1) is 6.92 Å². The minimum Gasteiger partial charge on any atom is -0.461 e. The molecular formula is C19H23N3O3S. The first-order chi connectivity index (χ1) is 12.4. The molecule has 1 aliphatic heterocycles. The van der Waals surface area contributed by atoms with Gasteiger partial charge in [-0.1, -0.05) is 24.3 Å². The maximum Gasteiger partial charge on any atom is 0.318 e. The van der Waals surface area contributed by atoms with Gasteiger partial charge in [-0.2, -0.15) is 0 Å². The molecule has 1 aromatic carbocycles. The van der Waals surface area contributed by atoms with Crippen molar-refractivity contribution in [2.24, 2.45) is 0 Å². The van der Waals surface area contributed by atoms with E-state index in [1.807, 2.05) is 31.5 Å². The van der Waals surface area contributed by atoms with E-state index < -0.39 is 0 Å². The molecule has 6 nitrogen and oxygen atoms in total. The number of amides is 2. The van der Waals surface area contributed by atoms with Gasteiger partial charge in [-0.15, -0.1) is 11.3 Å². The second-order valence-corrected chi connectivity index (χ2v) is 7.38. The Morgan fingerprint density at radius 1 is 1.35 bits per heavy atom. The average Bonchev–Trinajstić information content (AvgIpc) is 3.23. The van der Waals surface area contributed by atoms with Gasteiger partial charge in [0, 0.05) is 19.9 Å². The van der Waals surface area contributed by atoms with Crippen LogP contribution in [0.4, 0.5) is 4.79 Å². The minimum absolute atomic E-state index is 0.105. The molecule has 0 radical (unpaired) electrons. The normalized spacial score (nSPS) is 17.8. The highest BCUT2D eigenvalue weighted by molar-refractivity contribution is 7.13. The highest BCUT2D eigenvalue weighted by Gasteiger charge is 2.28. The Morgan fingerprint density at radius 2 is 2.08 bits per heavy atom. The number of hydrogen-bond donors (Lipinski definition) is 1. The highest BCUT2D eigenvalue weighted by atomic mass is 32.1. The number of aromatic nitrogens is 1. The Hall–Kier alpha value is -2.41. The first kappa shape index (κ1) is 18.4. The molecule has 1 aromatic heterocycles. The SMILES string of the molecule is CC(=O)OC1CCN(C(=O)N[C@@H](C)c2ccc(-c3scnc3C)cc2)C1. The molecule has 7 heteroatoms. The summed E-state index contributed by atoms with van der Waals surface area (Å²) in [6, 6.07) is 7.95. The van der Waals surface area contributed by atoms with Crippen molar-refractivity contribution in [2.75, 3.05) is 13.1 Å². The number of aryl methyl sites for hydroxylation is 1. The summed E-state index contributed by atoms with van der Waals surface area (Å²) in [5.41, 5.74) is 5.05. The third-order valence-electron chi connectivity index (χ3n) is 4.52. The van der Waals surface area contributed by atoms with E-state index in [0.717, 1.165) is 16.8 Å². The molecule has 2 aromatic rings. The zero-order valence-corrected chi connectivity index (χ0v) is 16.0. The van der Waals surface area contributed by atoms with Crippen LogP contribution >= 0.6 is 11.3 Å². The molecule has 2 heterocycles. The zero-order valence-electron chi connectivity index (χ0n) is 15.2. The fourth-order valence-electron chi connectivity index (χ4n) is 3.11. The third kappa shape index (κ3) is 4.22. The number of urea groups is 1. The summed E-state index contributed by atoms with van der Waals surface area (Å²) in [5.74, 6) is -0.304. The monoisotopic (exact) mass is 373 g/mol. The predicted octanol–water partition coefficient (Wildman–Crippen LogP) is 3.53. The summed E-state index contributed by atoms with van der Waals surface area (Å²) >= 11 is 1.63. The second-order valence-electron chi connectivity index (χ2n) is 6.53. The van der Waals surface area contributed by atoms with Crippen molar-refractivity contribution in [3.05, 3.63) is 41.0 Å². The van der Waals surface area contributed by atoms with Crippen molar-refractivity contribution in [2.45, 2.75) is 39.3 Å². The van der Waals surface area contributed by atoms with E-state index in [2.05, 4.69) is 22.4 Å². The van der Waals surface area contributed by atoms with E-state index in [-0.39, 0.29) is 24.1 Å². The van der Waals surface area contributed by atoms with E-state index in [1.54, 1.807) is 16.2 Å². The fourth-order valence-corrected chi connectivity index (χ4v) is 3.92. The first-order valence-electron chi connectivity index (χ1n) is 8.67. The summed E-state index contributed by atoms with van der Waals surface area (Å²) in [6.45, 7) is 6.40. The lowest BCUT2D eigenvalue weighted by molar-refractivity contribution is -0.145. The lowest BCUT2D eigenvalue weighted by Gasteiger charge is -2.21. The van der Waals surface area contributed by atoms with Crippen LogP contribution in [0.5, 0.6) is 0 Å². The third-order valence-corrected chi connectivity index (χ3v) is 5.50. The van der Waals surface area contributed by atoms with Crippen LogP contribution in [-0.4, -0.2) is 41.1 Å². The van der Waals surface area contributed by atoms with E-state index in [1.165, 1.54) is 11.8 Å². The Morgan fingerprint density at radius 3 is 2.69 bits per heavy atom. The van der Waals surface area contributed by atoms with Crippen LogP contribution < -0.4 is 5.32 Å². The van der Waals surface area contributed by atoms with Gasteiger partial charge in [-0.3, -0.25) is 4.79 Å². The average molecular weight is 373 g/mol. The molecule has 0 bridgehead atoms. The van der Waals surface area contributed by atoms with Crippen molar-refractivity contribution in [3.63, 3.8) is 0 Å². The molecule has 1 N–H and O–H groups in total. The summed E-state index contributed by atoms with van der Waals surface area (Å²) in [6.07, 6.45) is 0.486. The molecule has 1 fully saturated rings. The molecule has 1 aliphatic rings. The Balaban J connectivity index is 1.58. The van der Waals surface area contributed by atoms with Gasteiger partial charge in [0.05, 0.1) is 28.7 Å². The number of nitrogens with one attached hydrogen (secondary N) is 1. The van der Waals surface area contributed by atoms with E-state index in [9.17, 15) is 9.59 Å². The largest absolute Gasteiger partial charge is 0.461 e. The first-order valence-corrected chi connectivity index (χ1v) is 9.55. The van der Waals surface area contributed by atoms with E-state index in [0.29, 0.717) is 19.5 Å². The second kappa shape index (κ2) is 7.86. The van der Waals surface area contributed by atoms with Gasteiger partial charge in [0.25, 0.3) is 0 Å². The number of carbonyl (C=O) groups is 2. The predicted molar refractivity (Wildman–Crippen MR) is 101 cm³/mol. The van der Waals surface area contributed by atoms with Crippen molar-refractivity contribution < 1.29 is 14.3 Å². The fraction of sp³-hybridized carbons (Fsp3) is 0.421. The number of carbonyl (C=O) groups excluding carboxylic acids is 2. The molecule has 2 atom stereocenters. The van der Waals surface area contributed by atoms with Crippen molar-refractivity contribution in [3.8, 4) is 10.4 Å². The van der Waals surface area contributed by atoms with Gasteiger partial charge in [0.1, 0.15) is 6.10 Å². The molecule has 3 rings (SSSR count). The minimum atomic E-state index is -0.304. The molecule has 1 saturated heterocycles. The standard InChI is InChI=1S/C19H23N3O3S/c1-12(21-19(24)22-9-8-17(10-22)25-14(3)23)15-4-6-16(7-5-15)18-13(2)20-11-26-18/h4-7,11-12,17H,8-10H2,1-3H3,(H,21,24)/t12-,17?/m0/s1. The maximum atomic E-state index is 12.4. The van der Waals surface area contributed by atoms with Gasteiger partial charge in [-0.25, -0.2) is 9.78 Å². The van der Waals surface area contributed by atoms with Crippen molar-refractivity contribution in [1.29, 1.82) is 0 Å². The molecule has 1 unspecified atom stereocenters. The Bertz CT molecular complexity index is 788. The lowest BCUT2D eigenvalue weighted by atomic mass is 10.0. The van der Waals surface area contributed by atoms with Gasteiger partial charge in [0.2, 0.25) is 0 Å². The number of rotatable bonds is 4. The summed E-state index contributed by atoms with van der Waals surface area (Å²) in [4.78, 5) is 30.6. The summed E-state index contributed by atoms with van der Waals surface area (Å²) < 4.78 is 5.17. The van der Waals surface area contributed by atoms with Gasteiger partial charge in [-0.05, 0) is 25.0 Å². The molecule has 0 aliphatic carbocycles. The number of nitrogens with zero attached hydrogens (tertiary/aromatic N) is 2. The van der Waals surface area contributed by atoms with Crippen LogP contribution in [0.2, 0.25) is 0 Å². The molecule has 0 spiro atoms. The molecular weight excluding hydrogens is 350 g/mol. The molecule has 138 valence electrons. The van der Waals surface area contributed by atoms with Crippen LogP contribution in [0.1, 0.15) is 37.6 Å². The van der Waals surface area contributed by atoms with Crippen LogP contribution in [0.15, 0.2) is 29.8 Å². The van der Waals surface area contributed by atoms with Crippen molar-refractivity contribution in [1.82, 2.24) is 15.2 Å². The van der Waals surface area contributed by atoms with Crippen LogP contribution in [0.3, 0.4) is 0 Å². The summed E-state index contributed by atoms with van der Waals surface area (Å²) in [7, 11) is 0. The Kier molecular flexibility index (Phi) is 5.56. The van der Waals surface area contributed by atoms with Gasteiger partial charge < -0.3 is 15.0 Å². The number of likely N-dealkylation sites (tertiary alicyclic amines) is 1. The van der Waals surface area contributed by atoms with Crippen LogP contribution in [-0.2, 0) is 9.53 Å². The quantitative estimate of drug-likeness (QED) is 0.833. The topological polar surface area (TPSA) is 71.5 Å². The van der Waals surface area contributed by atoms with E-state index in [4.69, 9.17) is 4.74 Å². The highest BCUT2D eigenvalue weighted by Crippen LogP contribution is 2.28. The smallest absolute Gasteiger partial charge is 0.318 e. The Labute approximate surface area is 157 Å². The number of esters is 1. The lowest BCUT2D eigenvalue weighted by Crippen LogP contribution is -2.40. The number of benzene rings is 1. The molecule has 26 heavy (non-hydrogen) atoms. The number of hydrogen-bond acceptors (Lipinski definition) is 5. The zero-order chi connectivity index (χ0) is 18.7. The molecule has 2 amide bonds. The maximum absolute atomic E-state index is 12.4. The van der Waals surface area contributed by atoms with Gasteiger partial charge >= 0.3 is 12.0 Å². The number of thiazole rings is 1. The van der Waals surface area contributed by atoms with Crippen LogP contribution in [0.25, 0.3) is 10.4 Å². The van der Waals surface area contributed by atoms with E-state index >= 15 is 0 Å².